The third-order valence-electron chi connectivity index (χ3n) is 30.7. The summed E-state index contributed by atoms with van der Waals surface area (Å²) in [6, 6.07) is 3.71. The highest BCUT2D eigenvalue weighted by atomic mass is 32.2. The smallest absolute Gasteiger partial charge is 0.350 e. The first-order chi connectivity index (χ1) is 70.7. The Hall–Kier alpha value is -13.6. The van der Waals surface area contributed by atoms with E-state index < -0.39 is 161 Å². The van der Waals surface area contributed by atoms with E-state index >= 15 is 0 Å². The molecule has 0 aliphatic carbocycles. The standard InChI is InChI=1S/C32H37N7O10S2.C32H38N6O8S2.C31H36N8O10S2/c1-31(2,29(47)48)49-37-23(19-14-51-30(33)36-19)21(41)9-17-26(44)38-24(28(45)46)16(13-50-27(17)38)12-39-6-3-32(4-7-39,5-8-39)15-35-25(43)18-10-20(40)22(42)11-34-18;1-18-13-36(8-4-22(18)39)17-32-5-9-38(10-6-32,11-7-32)14-19-15-47-27-20(26(41)37(27)25(19)28(42)43)12-23(40)24(21-16-48-30(33)34-21)35-46-31(2,3)29(44)45;1-30(2,28(47)48)49-36-21(23-35-29(32)51-37-23)19(41)9-16-25(44)38-22(27(45)46)15(13-50-26(16)38)12-39-6-3-31(4-7-39,5-8-39)14-34-24(43)17-10-18(40)20(42)11-33-17/h10-11,14,17,27H,3-9,12-13,15H2,1-2H3,(H6-,33,34,35,36,37,40,41,42,43,45,46,47,48);4,8,13,16,20,27H,5-7,9-12,14-15,17H2,1-3H3,(H3-,33,34,42,43,44,45);10-11,16,26H,3-9,12-14H2,1-2H3,(H6-,32,33,34,35,36,37,40,41,42,43,45,46,47,48)/b;35-24-;/t17-,27-,32?,39?;20-,27-,32?,38?;16-,26-,31?,39?/m111/s1. The molecule has 0 aromatic carbocycles. The second kappa shape index (κ2) is 42.3. The van der Waals surface area contributed by atoms with Gasteiger partial charge in [-0.25, -0.2) is 24.4 Å². The minimum Gasteiger partial charge on any atom is -0.543 e. The molecule has 12 saturated heterocycles. The number of pyridine rings is 3. The van der Waals surface area contributed by atoms with Crippen LogP contribution in [0.25, 0.3) is 0 Å². The Morgan fingerprint density at radius 2 is 0.813 bits per heavy atom. The molecule has 6 aromatic heterocycles. The Kier molecular flexibility index (Phi) is 30.8. The maximum atomic E-state index is 13.5. The Labute approximate surface area is 878 Å². The molecular weight excluding hydrogens is 2080 g/mol. The lowest BCUT2D eigenvalue weighted by atomic mass is 9.70. The van der Waals surface area contributed by atoms with Crippen molar-refractivity contribution in [2.24, 2.45) is 49.5 Å². The van der Waals surface area contributed by atoms with Gasteiger partial charge in [0.05, 0.1) is 128 Å². The molecule has 55 heteroatoms. The molecule has 0 spiro atoms. The van der Waals surface area contributed by atoms with E-state index in [-0.39, 0.29) is 113 Å². The highest BCUT2D eigenvalue weighted by molar-refractivity contribution is 8.00. The van der Waals surface area contributed by atoms with Crippen LogP contribution in [0, 0.1) is 40.9 Å². The number of rotatable bonds is 38. The Morgan fingerprint density at radius 1 is 0.487 bits per heavy atom. The third-order valence-corrected chi connectivity index (χ3v) is 36.8. The number of hydrogen-bond donors (Lipinski definition) is 12. The molecule has 0 unspecified atom stereocenters. The van der Waals surface area contributed by atoms with E-state index in [2.05, 4.69) is 60.0 Å². The fraction of sp³-hybridized carbons (Fsp3) is 0.516. The van der Waals surface area contributed by atoms with Crippen LogP contribution in [0.5, 0.6) is 11.5 Å². The van der Waals surface area contributed by atoms with Crippen LogP contribution >= 0.6 is 69.5 Å². The molecule has 15 aliphatic heterocycles. The molecule has 6 aromatic rings. The van der Waals surface area contributed by atoms with Crippen molar-refractivity contribution in [2.75, 3.05) is 126 Å². The minimum atomic E-state index is -1.79. The summed E-state index contributed by atoms with van der Waals surface area (Å²) in [5.41, 5.74) is 11.9. The zero-order valence-electron chi connectivity index (χ0n) is 82.4. The zero-order chi connectivity index (χ0) is 108. The minimum absolute atomic E-state index is 0.0291. The number of ketones is 3. The lowest BCUT2D eigenvalue weighted by Gasteiger charge is -2.56. The van der Waals surface area contributed by atoms with Crippen LogP contribution in [-0.4, -0.2) is 329 Å². The van der Waals surface area contributed by atoms with Crippen LogP contribution < -0.4 is 59.4 Å². The Morgan fingerprint density at radius 3 is 1.11 bits per heavy atom. The number of H-pyrrole nitrogens is 2. The highest BCUT2D eigenvalue weighted by Gasteiger charge is 2.60. The SMILES string of the molecule is CC(C)(O/N=C(\C(=O)C[C@@H]1C(=O)N2C(C(=O)[O-])=C(C[N+]34CCC(CNC(=O)c5cc(=O)c(O)c[nH]5)(CC3)CC4)CS[C@H]12)c1csc(N)n1)C(=O)O.CC(C)(O/N=C(\C(=O)C[C@@H]1C(=O)N2C(C(=O)[O-])=C(C[N+]34CCC(CNC(=O)c5cc(=O)c(O)c[nH]5)(CC3)CC4)CS[C@H]12)c1nsc(N)n1)C(=O)O.Cc1cn(CC23CC[N+](CC4=C(C(=O)[O-])N5C(=O)[C@@H](CC(=O)/C(=N\OC(C)(C)C(=O)O)c6csc(N)n6)[C@H]5SC4)(CC2)CC3)ccc1=O. The molecule has 21 heterocycles. The molecule has 6 atom stereocenters. The van der Waals surface area contributed by atoms with E-state index in [1.165, 1.54) is 102 Å². The number of aromatic amines is 2. The van der Waals surface area contributed by atoms with E-state index in [1.54, 1.807) is 6.07 Å². The number of hydrogen-bond acceptors (Lipinski definition) is 41. The van der Waals surface area contributed by atoms with Crippen molar-refractivity contribution in [2.45, 2.75) is 165 Å². The molecule has 12 fully saturated rings. The first kappa shape index (κ1) is 109. The van der Waals surface area contributed by atoms with Gasteiger partial charge in [0.1, 0.15) is 42.4 Å². The lowest BCUT2D eigenvalue weighted by Crippen LogP contribution is -2.66. The second-order valence-corrected chi connectivity index (χ2v) is 47.6. The first-order valence-corrected chi connectivity index (χ1v) is 53.7. The predicted octanol–water partition coefficient (Wildman–Crippen LogP) is -0.374. The summed E-state index contributed by atoms with van der Waals surface area (Å²) in [6.45, 7) is 19.5. The summed E-state index contributed by atoms with van der Waals surface area (Å²) in [6.07, 6.45) is 12.6. The number of amides is 5. The van der Waals surface area contributed by atoms with Gasteiger partial charge in [-0.15, -0.1) is 58.0 Å². The monoisotopic (exact) mass is 2190 g/mol. The fourth-order valence-electron chi connectivity index (χ4n) is 21.2. The van der Waals surface area contributed by atoms with Gasteiger partial charge in [0.15, 0.2) is 66.8 Å². The Balaban J connectivity index is 0.000000160. The van der Waals surface area contributed by atoms with E-state index in [0.29, 0.717) is 75.7 Å². The van der Waals surface area contributed by atoms with Crippen molar-refractivity contribution in [1.82, 2.24) is 59.2 Å². The number of aromatic hydroxyl groups is 2. The number of carboxylic acid groups (broad SMARTS) is 6. The van der Waals surface area contributed by atoms with Gasteiger partial charge in [-0.1, -0.05) is 15.5 Å². The molecule has 49 nitrogen and oxygen atoms in total. The predicted molar refractivity (Wildman–Crippen MR) is 536 cm³/mol. The summed E-state index contributed by atoms with van der Waals surface area (Å²) in [5.74, 6) is -15.4. The normalized spacial score (nSPS) is 26.3. The number of aryl methyl sites for hydroxylation is 1. The summed E-state index contributed by atoms with van der Waals surface area (Å²) >= 11 is 7.05. The quantitative estimate of drug-likeness (QED) is 0.0102. The first-order valence-electron chi connectivity index (χ1n) is 48.1. The van der Waals surface area contributed by atoms with E-state index in [0.717, 1.165) is 192 Å². The maximum Gasteiger partial charge on any atom is 0.350 e. The van der Waals surface area contributed by atoms with Crippen molar-refractivity contribution in [3.05, 3.63) is 152 Å². The third kappa shape index (κ3) is 22.5. The molecule has 15 N–H and O–H groups in total. The fourth-order valence-corrected chi connectivity index (χ4v) is 27.0. The van der Waals surface area contributed by atoms with Gasteiger partial charge in [0.2, 0.25) is 51.2 Å². The summed E-state index contributed by atoms with van der Waals surface area (Å²) in [7, 11) is 0. The number of quaternary nitrogens is 3. The number of nitrogens with two attached hydrogens (primary N) is 3. The number of carbonyl (C=O) groups is 14. The number of piperidine rings is 9. The molecule has 0 saturated carbocycles. The number of nitrogens with zero attached hydrogens (tertiary/aromatic N) is 14. The highest BCUT2D eigenvalue weighted by Crippen LogP contribution is 2.54. The van der Waals surface area contributed by atoms with Gasteiger partial charge in [-0.05, 0) is 48.5 Å². The molecule has 0 radical (unpaired) electrons. The van der Waals surface area contributed by atoms with E-state index in [1.807, 2.05) is 19.3 Å². The molecule has 15 aliphatic rings. The molecule has 150 heavy (non-hydrogen) atoms. The number of thiazole rings is 2. The molecule has 21 rings (SSSR count). The maximum absolute atomic E-state index is 13.5. The molecular formula is C95H111N21O28S6. The van der Waals surface area contributed by atoms with Gasteiger partial charge >= 0.3 is 17.9 Å². The molecule has 5 amide bonds. The number of β-lactam (4-membered cyclic amide) rings is 3. The number of aliphatic carboxylic acids is 6. The van der Waals surface area contributed by atoms with Crippen molar-refractivity contribution in [3.8, 4) is 11.5 Å². The van der Waals surface area contributed by atoms with Crippen LogP contribution in [0.1, 0.15) is 162 Å². The van der Waals surface area contributed by atoms with Crippen molar-refractivity contribution < 1.29 is 136 Å². The van der Waals surface area contributed by atoms with Crippen molar-refractivity contribution in [1.29, 1.82) is 0 Å². The molecule has 800 valence electrons. The average Bonchev–Trinajstić information content (AvgIpc) is 0.914. The number of anilines is 3. The number of oxime groups is 3. The van der Waals surface area contributed by atoms with Gasteiger partial charge in [0, 0.05) is 218 Å². The lowest BCUT2D eigenvalue weighted by molar-refractivity contribution is -0.941. The molecule has 6 bridgehead atoms. The Bertz CT molecular complexity index is 6620. The van der Waals surface area contributed by atoms with E-state index in [9.17, 15) is 122 Å². The van der Waals surface area contributed by atoms with Gasteiger partial charge in [-0.3, -0.25) is 67.4 Å². The van der Waals surface area contributed by atoms with E-state index in [4.69, 9.17) is 31.7 Å². The summed E-state index contributed by atoms with van der Waals surface area (Å²) < 4.78 is 8.14. The van der Waals surface area contributed by atoms with Crippen molar-refractivity contribution >= 4 is 185 Å². The number of carbonyl (C=O) groups excluding carboxylic acids is 11. The number of aromatic nitrogens is 7. The van der Waals surface area contributed by atoms with Crippen LogP contribution in [0.15, 0.2) is 117 Å². The number of nitrogen functional groups attached to an aromatic ring is 3. The number of Topliss-reactive ketones (excluding diaryl/α,β-unsaturated/α-hetero) is 3. The number of thioether (sulfide) groups is 3. The van der Waals surface area contributed by atoms with Crippen LogP contribution in [0.4, 0.5) is 15.4 Å². The van der Waals surface area contributed by atoms with Crippen LogP contribution in [0.2, 0.25) is 0 Å². The zero-order valence-corrected chi connectivity index (χ0v) is 87.3. The average molecular weight is 2190 g/mol. The number of carboxylic acids is 6. The topological polar surface area (TPSA) is 725 Å². The second-order valence-electron chi connectivity index (χ2n) is 41.8. The summed E-state index contributed by atoms with van der Waals surface area (Å²) in [4.78, 5) is 250. The van der Waals surface area contributed by atoms with Gasteiger partial charge in [-0.2, -0.15) is 9.36 Å². The van der Waals surface area contributed by atoms with Crippen molar-refractivity contribution in [3.63, 3.8) is 0 Å². The van der Waals surface area contributed by atoms with Crippen LogP contribution in [-0.2, 0) is 78.6 Å². The number of fused-ring (bicyclic) bond motifs is 12. The van der Waals surface area contributed by atoms with Gasteiger partial charge < -0.3 is 126 Å². The largest absolute Gasteiger partial charge is 0.543 e. The number of nitrogens with one attached hydrogen (secondary N) is 4. The summed E-state index contributed by atoms with van der Waals surface area (Å²) in [5, 5.41) is 103. The van der Waals surface area contributed by atoms with Gasteiger partial charge in [0.25, 0.3) is 11.8 Å². The van der Waals surface area contributed by atoms with Crippen LogP contribution in [0.3, 0.4) is 0 Å².